The number of ether oxygens (including phenoxy) is 1. The third kappa shape index (κ3) is 5.55. The number of piperidine rings is 1. The molecular weight excluding hydrogens is 438 g/mol. The molecule has 2 heterocycles. The molecule has 1 fully saturated rings. The number of para-hydroxylation sites is 1. The van der Waals surface area contributed by atoms with E-state index in [0.717, 1.165) is 35.3 Å². The molecule has 1 saturated heterocycles. The molecule has 8 heteroatoms. The third-order valence-corrected chi connectivity index (χ3v) is 7.50. The van der Waals surface area contributed by atoms with E-state index in [-0.39, 0.29) is 17.7 Å². The lowest BCUT2D eigenvalue weighted by Crippen LogP contribution is -2.51. The molecule has 0 bridgehead atoms. The number of thiophene rings is 1. The zero-order chi connectivity index (χ0) is 24.0. The predicted octanol–water partition coefficient (Wildman–Crippen LogP) is 4.17. The first-order chi connectivity index (χ1) is 15.9. The standard InChI is InChI=1S/C25H33N3O4S/c1-5-7-14-28-22(29)13-12-18(23(28)17-10-8-9-11-19(17)32-4)24(30)26-27-25(31)21-15-16(3)20(6-2)33-21/h8-11,15,18,23H,5-7,12-14H2,1-4H3,(H,26,30)(H,27,31). The summed E-state index contributed by atoms with van der Waals surface area (Å²) in [6, 6.07) is 8.88. The van der Waals surface area contributed by atoms with Gasteiger partial charge >= 0.3 is 0 Å². The Balaban J connectivity index is 1.82. The first-order valence-corrected chi connectivity index (χ1v) is 12.3. The summed E-state index contributed by atoms with van der Waals surface area (Å²) in [5, 5.41) is 0. The van der Waals surface area contributed by atoms with E-state index >= 15 is 0 Å². The molecule has 33 heavy (non-hydrogen) atoms. The van der Waals surface area contributed by atoms with Crippen LogP contribution in [0.5, 0.6) is 5.75 Å². The molecule has 0 saturated carbocycles. The number of hydrogen-bond donors (Lipinski definition) is 2. The molecule has 0 aliphatic carbocycles. The van der Waals surface area contributed by atoms with Gasteiger partial charge in [0.05, 0.1) is 23.9 Å². The fourth-order valence-electron chi connectivity index (χ4n) is 4.37. The number of hydrogen-bond acceptors (Lipinski definition) is 5. The molecule has 2 unspecified atom stereocenters. The highest BCUT2D eigenvalue weighted by molar-refractivity contribution is 7.14. The van der Waals surface area contributed by atoms with Crippen molar-refractivity contribution in [2.75, 3.05) is 13.7 Å². The fraction of sp³-hybridized carbons (Fsp3) is 0.480. The molecule has 0 radical (unpaired) electrons. The highest BCUT2D eigenvalue weighted by atomic mass is 32.1. The van der Waals surface area contributed by atoms with Gasteiger partial charge in [-0.2, -0.15) is 0 Å². The molecule has 1 aliphatic heterocycles. The van der Waals surface area contributed by atoms with E-state index in [1.165, 1.54) is 11.3 Å². The molecule has 7 nitrogen and oxygen atoms in total. The van der Waals surface area contributed by atoms with Crippen LogP contribution in [0.2, 0.25) is 0 Å². The smallest absolute Gasteiger partial charge is 0.279 e. The van der Waals surface area contributed by atoms with Crippen molar-refractivity contribution < 1.29 is 19.1 Å². The molecule has 3 amide bonds. The number of carbonyl (C=O) groups is 3. The monoisotopic (exact) mass is 471 g/mol. The summed E-state index contributed by atoms with van der Waals surface area (Å²) in [6.45, 7) is 6.67. The molecule has 178 valence electrons. The number of amides is 3. The minimum atomic E-state index is -0.507. The highest BCUT2D eigenvalue weighted by Gasteiger charge is 2.41. The molecule has 0 spiro atoms. The molecule has 1 aromatic carbocycles. The SMILES string of the molecule is CCCCN1C(=O)CCC(C(=O)NNC(=O)c2cc(C)c(CC)s2)C1c1ccccc1OC. The Labute approximate surface area is 199 Å². The van der Waals surface area contributed by atoms with Crippen LogP contribution in [-0.2, 0) is 16.0 Å². The van der Waals surface area contributed by atoms with Crippen LogP contribution in [0.25, 0.3) is 0 Å². The number of nitrogens with zero attached hydrogens (tertiary/aromatic N) is 1. The topological polar surface area (TPSA) is 87.7 Å². The van der Waals surface area contributed by atoms with Crippen molar-refractivity contribution in [3.63, 3.8) is 0 Å². The molecular formula is C25H33N3O4S. The van der Waals surface area contributed by atoms with E-state index in [1.807, 2.05) is 37.3 Å². The molecule has 3 rings (SSSR count). The summed E-state index contributed by atoms with van der Waals surface area (Å²) >= 11 is 1.43. The molecule has 2 N–H and O–H groups in total. The van der Waals surface area contributed by atoms with Crippen molar-refractivity contribution in [3.8, 4) is 5.75 Å². The maximum atomic E-state index is 13.3. The van der Waals surface area contributed by atoms with Gasteiger partial charge in [-0.25, -0.2) is 0 Å². The first-order valence-electron chi connectivity index (χ1n) is 11.5. The van der Waals surface area contributed by atoms with Crippen LogP contribution in [-0.4, -0.2) is 36.3 Å². The lowest BCUT2D eigenvalue weighted by molar-refractivity contribution is -0.143. The van der Waals surface area contributed by atoms with Gasteiger partial charge < -0.3 is 9.64 Å². The zero-order valence-corrected chi connectivity index (χ0v) is 20.6. The Morgan fingerprint density at radius 2 is 1.97 bits per heavy atom. The van der Waals surface area contributed by atoms with Gasteiger partial charge in [0.15, 0.2) is 0 Å². The van der Waals surface area contributed by atoms with Crippen LogP contribution >= 0.6 is 11.3 Å². The summed E-state index contributed by atoms with van der Waals surface area (Å²) in [4.78, 5) is 42.3. The summed E-state index contributed by atoms with van der Waals surface area (Å²) in [5.74, 6) is -0.473. The van der Waals surface area contributed by atoms with Gasteiger partial charge in [-0.15, -0.1) is 11.3 Å². The van der Waals surface area contributed by atoms with E-state index in [2.05, 4.69) is 24.7 Å². The predicted molar refractivity (Wildman–Crippen MR) is 129 cm³/mol. The summed E-state index contributed by atoms with van der Waals surface area (Å²) < 4.78 is 5.56. The second-order valence-corrected chi connectivity index (χ2v) is 9.42. The summed E-state index contributed by atoms with van der Waals surface area (Å²) in [7, 11) is 1.59. The Hall–Kier alpha value is -2.87. The van der Waals surface area contributed by atoms with Gasteiger partial charge in [0.1, 0.15) is 5.75 Å². The number of aryl methyl sites for hydroxylation is 2. The van der Waals surface area contributed by atoms with E-state index in [1.54, 1.807) is 12.0 Å². The highest BCUT2D eigenvalue weighted by Crippen LogP contribution is 2.40. The number of rotatable bonds is 8. The van der Waals surface area contributed by atoms with E-state index in [4.69, 9.17) is 4.74 Å². The van der Waals surface area contributed by atoms with Gasteiger partial charge in [-0.05, 0) is 43.9 Å². The van der Waals surface area contributed by atoms with Crippen molar-refractivity contribution in [1.29, 1.82) is 0 Å². The Kier molecular flexibility index (Phi) is 8.49. The number of benzene rings is 1. The zero-order valence-electron chi connectivity index (χ0n) is 19.8. The summed E-state index contributed by atoms with van der Waals surface area (Å²) in [6.07, 6.45) is 3.35. The molecule has 1 aliphatic rings. The van der Waals surface area contributed by atoms with Crippen LogP contribution in [0.3, 0.4) is 0 Å². The summed E-state index contributed by atoms with van der Waals surface area (Å²) in [5.41, 5.74) is 7.06. The van der Waals surface area contributed by atoms with E-state index in [0.29, 0.717) is 30.0 Å². The fourth-order valence-corrected chi connectivity index (χ4v) is 5.38. The van der Waals surface area contributed by atoms with E-state index in [9.17, 15) is 14.4 Å². The minimum absolute atomic E-state index is 0.0357. The van der Waals surface area contributed by atoms with Crippen molar-refractivity contribution in [3.05, 3.63) is 51.2 Å². The van der Waals surface area contributed by atoms with Gasteiger partial charge in [-0.3, -0.25) is 25.2 Å². The molecule has 2 aromatic rings. The Morgan fingerprint density at radius 3 is 2.64 bits per heavy atom. The first kappa shape index (κ1) is 24.8. The number of likely N-dealkylation sites (tertiary alicyclic amines) is 1. The van der Waals surface area contributed by atoms with Crippen LogP contribution in [0.15, 0.2) is 30.3 Å². The van der Waals surface area contributed by atoms with Crippen molar-refractivity contribution >= 4 is 29.1 Å². The van der Waals surface area contributed by atoms with E-state index < -0.39 is 12.0 Å². The number of hydrazine groups is 1. The van der Waals surface area contributed by atoms with Gasteiger partial charge in [-0.1, -0.05) is 38.5 Å². The average Bonchev–Trinajstić information content (AvgIpc) is 3.22. The second-order valence-electron chi connectivity index (χ2n) is 8.29. The Morgan fingerprint density at radius 1 is 1.21 bits per heavy atom. The van der Waals surface area contributed by atoms with Crippen LogP contribution in [0.1, 0.15) is 71.2 Å². The van der Waals surface area contributed by atoms with Crippen molar-refractivity contribution in [1.82, 2.24) is 15.8 Å². The minimum Gasteiger partial charge on any atom is -0.496 e. The number of nitrogens with one attached hydrogen (secondary N) is 2. The lowest BCUT2D eigenvalue weighted by atomic mass is 9.83. The number of methoxy groups -OCH3 is 1. The van der Waals surface area contributed by atoms with Gasteiger partial charge in [0.25, 0.3) is 5.91 Å². The maximum absolute atomic E-state index is 13.3. The molecule has 1 aromatic heterocycles. The second kappa shape index (κ2) is 11.3. The quantitative estimate of drug-likeness (QED) is 0.566. The van der Waals surface area contributed by atoms with Crippen molar-refractivity contribution in [2.24, 2.45) is 5.92 Å². The number of unbranched alkanes of at least 4 members (excludes halogenated alkanes) is 1. The average molecular weight is 472 g/mol. The number of carbonyl (C=O) groups excluding carboxylic acids is 3. The molecule has 2 atom stereocenters. The lowest BCUT2D eigenvalue weighted by Gasteiger charge is -2.41. The van der Waals surface area contributed by atoms with Crippen LogP contribution in [0.4, 0.5) is 0 Å². The normalized spacial score (nSPS) is 18.2. The maximum Gasteiger partial charge on any atom is 0.279 e. The van der Waals surface area contributed by atoms with Crippen LogP contribution in [0, 0.1) is 12.8 Å². The van der Waals surface area contributed by atoms with Crippen LogP contribution < -0.4 is 15.6 Å². The largest absolute Gasteiger partial charge is 0.496 e. The van der Waals surface area contributed by atoms with Gasteiger partial charge in [0.2, 0.25) is 11.8 Å². The third-order valence-electron chi connectivity index (χ3n) is 6.12. The van der Waals surface area contributed by atoms with Gasteiger partial charge in [0, 0.05) is 23.4 Å². The Bertz CT molecular complexity index is 1000. The van der Waals surface area contributed by atoms with Crippen molar-refractivity contribution in [2.45, 2.75) is 58.9 Å².